The van der Waals surface area contributed by atoms with Gasteiger partial charge in [0, 0.05) is 44.0 Å². The number of rotatable bonds is 7. The minimum Gasteiger partial charge on any atom is -0.491 e. The van der Waals surface area contributed by atoms with Crippen LogP contribution in [0.5, 0.6) is 5.75 Å². The first-order chi connectivity index (χ1) is 13.7. The number of nitrogens with zero attached hydrogens (tertiary/aromatic N) is 3. The van der Waals surface area contributed by atoms with Gasteiger partial charge in [0.1, 0.15) is 12.4 Å². The van der Waals surface area contributed by atoms with Crippen molar-refractivity contribution in [2.75, 3.05) is 51.4 Å². The molecular formula is C21H28ClIN4O2. The van der Waals surface area contributed by atoms with Crippen molar-refractivity contribution >= 4 is 47.2 Å². The SMILES string of the molecule is COCCOc1ccc(CN=C(N)N2CCN(c3ccc(Cl)cc3)CC2)cc1.I. The molecule has 0 bridgehead atoms. The van der Waals surface area contributed by atoms with Crippen molar-refractivity contribution in [2.45, 2.75) is 6.54 Å². The van der Waals surface area contributed by atoms with Gasteiger partial charge in [-0.2, -0.15) is 0 Å². The Morgan fingerprint density at radius 1 is 1.00 bits per heavy atom. The maximum Gasteiger partial charge on any atom is 0.191 e. The van der Waals surface area contributed by atoms with Gasteiger partial charge in [0.05, 0.1) is 13.2 Å². The summed E-state index contributed by atoms with van der Waals surface area (Å²) in [5.74, 6) is 1.42. The second-order valence-electron chi connectivity index (χ2n) is 6.61. The van der Waals surface area contributed by atoms with E-state index in [1.165, 1.54) is 5.69 Å². The van der Waals surface area contributed by atoms with Gasteiger partial charge in [-0.1, -0.05) is 23.7 Å². The predicted molar refractivity (Wildman–Crippen MR) is 130 cm³/mol. The van der Waals surface area contributed by atoms with Gasteiger partial charge in [-0.05, 0) is 42.0 Å². The van der Waals surface area contributed by atoms with Gasteiger partial charge in [-0.3, -0.25) is 0 Å². The first-order valence-electron chi connectivity index (χ1n) is 9.42. The van der Waals surface area contributed by atoms with Crippen LogP contribution in [0.1, 0.15) is 5.56 Å². The Balaban J connectivity index is 0.00000300. The van der Waals surface area contributed by atoms with Crippen molar-refractivity contribution in [1.29, 1.82) is 0 Å². The third kappa shape index (κ3) is 7.24. The molecule has 0 unspecified atom stereocenters. The summed E-state index contributed by atoms with van der Waals surface area (Å²) in [4.78, 5) is 9.03. The largest absolute Gasteiger partial charge is 0.491 e. The molecule has 0 radical (unpaired) electrons. The molecule has 0 atom stereocenters. The van der Waals surface area contributed by atoms with E-state index in [-0.39, 0.29) is 24.0 Å². The Hall–Kier alpha value is -1.71. The minimum absolute atomic E-state index is 0. The van der Waals surface area contributed by atoms with Crippen LogP contribution in [0.15, 0.2) is 53.5 Å². The maximum atomic E-state index is 6.21. The number of hydrogen-bond acceptors (Lipinski definition) is 4. The molecule has 8 heteroatoms. The van der Waals surface area contributed by atoms with Crippen molar-refractivity contribution in [2.24, 2.45) is 10.7 Å². The molecule has 1 aliphatic rings. The number of guanidine groups is 1. The summed E-state index contributed by atoms with van der Waals surface area (Å²) >= 11 is 5.97. The van der Waals surface area contributed by atoms with Crippen LogP contribution in [0.2, 0.25) is 5.02 Å². The van der Waals surface area contributed by atoms with Gasteiger partial charge < -0.3 is 25.0 Å². The Morgan fingerprint density at radius 3 is 2.28 bits per heavy atom. The molecule has 2 aromatic rings. The summed E-state index contributed by atoms with van der Waals surface area (Å²) in [6.07, 6.45) is 0. The van der Waals surface area contributed by atoms with E-state index in [0.29, 0.717) is 25.7 Å². The fourth-order valence-electron chi connectivity index (χ4n) is 3.05. The molecule has 158 valence electrons. The summed E-state index contributed by atoms with van der Waals surface area (Å²) in [5.41, 5.74) is 8.50. The summed E-state index contributed by atoms with van der Waals surface area (Å²) < 4.78 is 10.5. The number of halogens is 2. The second-order valence-corrected chi connectivity index (χ2v) is 7.05. The first-order valence-corrected chi connectivity index (χ1v) is 9.79. The zero-order chi connectivity index (χ0) is 19.8. The highest BCUT2D eigenvalue weighted by Gasteiger charge is 2.18. The zero-order valence-corrected chi connectivity index (χ0v) is 19.7. The van der Waals surface area contributed by atoms with Crippen molar-refractivity contribution in [1.82, 2.24) is 4.90 Å². The van der Waals surface area contributed by atoms with Crippen LogP contribution in [0.4, 0.5) is 5.69 Å². The van der Waals surface area contributed by atoms with Crippen molar-refractivity contribution in [3.05, 3.63) is 59.1 Å². The third-order valence-electron chi connectivity index (χ3n) is 4.70. The predicted octanol–water partition coefficient (Wildman–Crippen LogP) is 3.62. The standard InChI is InChI=1S/C21H27ClN4O2.HI/c1-27-14-15-28-20-8-2-17(3-9-20)16-24-21(23)26-12-10-25(11-13-26)19-6-4-18(22)5-7-19;/h2-9H,10-16H2,1H3,(H2,23,24);1H. The molecule has 1 aliphatic heterocycles. The van der Waals surface area contributed by atoms with E-state index in [9.17, 15) is 0 Å². The Morgan fingerprint density at radius 2 is 1.66 bits per heavy atom. The molecule has 1 fully saturated rings. The highest BCUT2D eigenvalue weighted by molar-refractivity contribution is 14.0. The second kappa shape index (κ2) is 12.1. The fraction of sp³-hybridized carbons (Fsp3) is 0.381. The van der Waals surface area contributed by atoms with Gasteiger partial charge in [0.15, 0.2) is 5.96 Å². The lowest BCUT2D eigenvalue weighted by molar-refractivity contribution is 0.146. The van der Waals surface area contributed by atoms with Crippen molar-refractivity contribution < 1.29 is 9.47 Å². The molecule has 1 saturated heterocycles. The maximum absolute atomic E-state index is 6.21. The normalized spacial score (nSPS) is 14.5. The van der Waals surface area contributed by atoms with Crippen LogP contribution < -0.4 is 15.4 Å². The quantitative estimate of drug-likeness (QED) is 0.256. The van der Waals surface area contributed by atoms with Crippen LogP contribution in [-0.4, -0.2) is 57.4 Å². The highest BCUT2D eigenvalue weighted by atomic mass is 127. The van der Waals surface area contributed by atoms with E-state index in [0.717, 1.165) is 42.5 Å². The molecule has 29 heavy (non-hydrogen) atoms. The average Bonchev–Trinajstić information content (AvgIpc) is 2.74. The Bertz CT molecular complexity index is 763. The van der Waals surface area contributed by atoms with Gasteiger partial charge in [0.2, 0.25) is 0 Å². The lowest BCUT2D eigenvalue weighted by atomic mass is 10.2. The van der Waals surface area contributed by atoms with Crippen LogP contribution in [0.3, 0.4) is 0 Å². The minimum atomic E-state index is 0. The average molecular weight is 531 g/mol. The van der Waals surface area contributed by atoms with E-state index < -0.39 is 0 Å². The van der Waals surface area contributed by atoms with Gasteiger partial charge in [0.25, 0.3) is 0 Å². The number of anilines is 1. The topological polar surface area (TPSA) is 63.3 Å². The van der Waals surface area contributed by atoms with Crippen LogP contribution in [0, 0.1) is 0 Å². The van der Waals surface area contributed by atoms with E-state index in [4.69, 9.17) is 26.8 Å². The van der Waals surface area contributed by atoms with Crippen LogP contribution in [0.25, 0.3) is 0 Å². The van der Waals surface area contributed by atoms with E-state index in [1.807, 2.05) is 36.4 Å². The number of nitrogens with two attached hydrogens (primary N) is 1. The van der Waals surface area contributed by atoms with Crippen molar-refractivity contribution in [3.63, 3.8) is 0 Å². The number of methoxy groups -OCH3 is 1. The van der Waals surface area contributed by atoms with Gasteiger partial charge in [-0.25, -0.2) is 4.99 Å². The number of benzene rings is 2. The van der Waals surface area contributed by atoms with E-state index in [2.05, 4.69) is 26.9 Å². The number of aliphatic imine (C=N–C) groups is 1. The summed E-state index contributed by atoms with van der Waals surface area (Å²) in [6, 6.07) is 15.9. The molecule has 1 heterocycles. The lowest BCUT2D eigenvalue weighted by Crippen LogP contribution is -2.51. The van der Waals surface area contributed by atoms with Crippen molar-refractivity contribution in [3.8, 4) is 5.75 Å². The number of ether oxygens (including phenoxy) is 2. The molecular weight excluding hydrogens is 503 g/mol. The Labute approximate surface area is 194 Å². The summed E-state index contributed by atoms with van der Waals surface area (Å²) in [6.45, 7) is 5.20. The molecule has 6 nitrogen and oxygen atoms in total. The molecule has 0 amide bonds. The summed E-state index contributed by atoms with van der Waals surface area (Å²) in [5, 5.41) is 0.758. The zero-order valence-electron chi connectivity index (χ0n) is 16.6. The van der Waals surface area contributed by atoms with E-state index >= 15 is 0 Å². The first kappa shape index (κ1) is 23.6. The molecule has 0 aliphatic carbocycles. The number of hydrogen-bond donors (Lipinski definition) is 1. The molecule has 0 saturated carbocycles. The fourth-order valence-corrected chi connectivity index (χ4v) is 3.18. The van der Waals surface area contributed by atoms with Gasteiger partial charge in [-0.15, -0.1) is 24.0 Å². The van der Waals surface area contributed by atoms with Crippen LogP contribution in [-0.2, 0) is 11.3 Å². The van der Waals surface area contributed by atoms with Gasteiger partial charge >= 0.3 is 0 Å². The summed E-state index contributed by atoms with van der Waals surface area (Å²) in [7, 11) is 1.66. The molecule has 2 aromatic carbocycles. The van der Waals surface area contributed by atoms with Crippen LogP contribution >= 0.6 is 35.6 Å². The smallest absolute Gasteiger partial charge is 0.191 e. The third-order valence-corrected chi connectivity index (χ3v) is 4.95. The molecule has 0 aromatic heterocycles. The lowest BCUT2D eigenvalue weighted by Gasteiger charge is -2.36. The molecule has 0 spiro atoms. The van der Waals surface area contributed by atoms with E-state index in [1.54, 1.807) is 7.11 Å². The molecule has 3 rings (SSSR count). The molecule has 2 N–H and O–H groups in total. The highest BCUT2D eigenvalue weighted by Crippen LogP contribution is 2.19. The monoisotopic (exact) mass is 530 g/mol. The Kier molecular flexibility index (Phi) is 9.83. The number of piperazine rings is 1.